The number of terminal acetylenes is 1. The molecule has 0 aliphatic heterocycles. The van der Waals surface area contributed by atoms with Crippen LogP contribution in [0.3, 0.4) is 0 Å². The van der Waals surface area contributed by atoms with Crippen LogP contribution in [0, 0.1) is 18.3 Å². The molecule has 0 aromatic heterocycles. The van der Waals surface area contributed by atoms with Crippen LogP contribution in [0.1, 0.15) is 29.2 Å². The zero-order chi connectivity index (χ0) is 11.5. The molecule has 0 saturated heterocycles. The van der Waals surface area contributed by atoms with Crippen molar-refractivity contribution in [2.45, 2.75) is 19.8 Å². The van der Waals surface area contributed by atoms with Crippen molar-refractivity contribution in [3.8, 4) is 12.3 Å². The van der Waals surface area contributed by atoms with Crippen molar-refractivity contribution in [1.29, 1.82) is 0 Å². The number of allylic oxidation sites excluding steroid dienone is 2. The molecule has 1 atom stereocenters. The molecule has 0 radical (unpaired) electrons. The second kappa shape index (κ2) is 4.41. The summed E-state index contributed by atoms with van der Waals surface area (Å²) in [6.07, 6.45) is 13.9. The molecule has 0 nitrogen and oxygen atoms in total. The van der Waals surface area contributed by atoms with Crippen LogP contribution in [0.5, 0.6) is 0 Å². The van der Waals surface area contributed by atoms with Gasteiger partial charge >= 0.3 is 0 Å². The van der Waals surface area contributed by atoms with Gasteiger partial charge in [0.15, 0.2) is 0 Å². The van der Waals surface area contributed by atoms with Crippen molar-refractivity contribution in [3.63, 3.8) is 0 Å². The molecule has 1 aliphatic rings. The molecule has 1 aliphatic carbocycles. The molecule has 1 aromatic rings. The van der Waals surface area contributed by atoms with Crippen LogP contribution in [-0.4, -0.2) is 0 Å². The second-order valence-corrected chi connectivity index (χ2v) is 4.35. The van der Waals surface area contributed by atoms with Gasteiger partial charge in [0.2, 0.25) is 0 Å². The molecule has 2 rings (SSSR count). The van der Waals surface area contributed by atoms with Gasteiger partial charge in [-0.15, -0.1) is 13.0 Å². The lowest BCUT2D eigenvalue weighted by Gasteiger charge is -2.19. The maximum absolute atomic E-state index is 5.64. The fourth-order valence-electron chi connectivity index (χ4n) is 2.25. The SMILES string of the molecule is C#Cc1c(CC=C)ccc2c1C[C@H](C)C=C2. The Balaban J connectivity index is 2.57. The van der Waals surface area contributed by atoms with Crippen molar-refractivity contribution in [2.75, 3.05) is 0 Å². The highest BCUT2D eigenvalue weighted by atomic mass is 14.2. The van der Waals surface area contributed by atoms with Gasteiger partial charge in [-0.25, -0.2) is 0 Å². The van der Waals surface area contributed by atoms with E-state index in [9.17, 15) is 0 Å². The van der Waals surface area contributed by atoms with Gasteiger partial charge in [0.25, 0.3) is 0 Å². The predicted octanol–water partition coefficient (Wildman–Crippen LogP) is 3.60. The summed E-state index contributed by atoms with van der Waals surface area (Å²) >= 11 is 0. The summed E-state index contributed by atoms with van der Waals surface area (Å²) in [6, 6.07) is 4.29. The minimum absolute atomic E-state index is 0.582. The molecule has 80 valence electrons. The van der Waals surface area contributed by atoms with Crippen molar-refractivity contribution >= 4 is 6.08 Å². The van der Waals surface area contributed by atoms with E-state index in [2.05, 4.69) is 43.7 Å². The Morgan fingerprint density at radius 2 is 2.38 bits per heavy atom. The maximum Gasteiger partial charge on any atom is 0.0315 e. The minimum atomic E-state index is 0.582. The fourth-order valence-corrected chi connectivity index (χ4v) is 2.25. The van der Waals surface area contributed by atoms with Gasteiger partial charge in [-0.05, 0) is 35.4 Å². The lowest BCUT2D eigenvalue weighted by molar-refractivity contribution is 0.715. The van der Waals surface area contributed by atoms with Crippen LogP contribution < -0.4 is 0 Å². The molecule has 0 amide bonds. The molecule has 0 heterocycles. The summed E-state index contributed by atoms with van der Waals surface area (Å²) in [5.41, 5.74) is 4.91. The standard InChI is InChI=1S/C16H16/c1-4-6-13-9-10-14-8-7-12(3)11-16(14)15(13)5-2/h2,4,7-10,12H,1,6,11H2,3H3/t12-/m1/s1. The van der Waals surface area contributed by atoms with E-state index in [-0.39, 0.29) is 0 Å². The first kappa shape index (κ1) is 10.8. The van der Waals surface area contributed by atoms with Gasteiger partial charge in [-0.2, -0.15) is 0 Å². The van der Waals surface area contributed by atoms with E-state index in [0.29, 0.717) is 5.92 Å². The van der Waals surface area contributed by atoms with Crippen LogP contribution in [-0.2, 0) is 12.8 Å². The first-order valence-electron chi connectivity index (χ1n) is 5.66. The van der Waals surface area contributed by atoms with Crippen molar-refractivity contribution in [1.82, 2.24) is 0 Å². The van der Waals surface area contributed by atoms with E-state index in [1.807, 2.05) is 6.08 Å². The smallest absolute Gasteiger partial charge is 0.0315 e. The molecule has 0 unspecified atom stereocenters. The van der Waals surface area contributed by atoms with Crippen LogP contribution in [0.25, 0.3) is 6.08 Å². The number of hydrogen-bond donors (Lipinski definition) is 0. The quantitative estimate of drug-likeness (QED) is 0.514. The highest BCUT2D eigenvalue weighted by Crippen LogP contribution is 2.28. The molecule has 0 N–H and O–H groups in total. The van der Waals surface area contributed by atoms with Gasteiger partial charge in [0.1, 0.15) is 0 Å². The first-order valence-corrected chi connectivity index (χ1v) is 5.66. The Bertz CT molecular complexity index is 483. The van der Waals surface area contributed by atoms with Gasteiger partial charge in [-0.3, -0.25) is 0 Å². The second-order valence-electron chi connectivity index (χ2n) is 4.35. The number of rotatable bonds is 2. The van der Waals surface area contributed by atoms with Crippen molar-refractivity contribution in [3.05, 3.63) is 53.1 Å². The lowest BCUT2D eigenvalue weighted by atomic mass is 9.85. The van der Waals surface area contributed by atoms with Gasteiger partial charge in [0, 0.05) is 5.56 Å². The maximum atomic E-state index is 5.64. The predicted molar refractivity (Wildman–Crippen MR) is 70.2 cm³/mol. The first-order chi connectivity index (χ1) is 7.76. The van der Waals surface area contributed by atoms with E-state index in [1.54, 1.807) is 0 Å². The monoisotopic (exact) mass is 208 g/mol. The largest absolute Gasteiger partial charge is 0.115 e. The molecular formula is C16H16. The van der Waals surface area contributed by atoms with Crippen LogP contribution in [0.2, 0.25) is 0 Å². The third kappa shape index (κ3) is 1.82. The molecule has 0 saturated carbocycles. The summed E-state index contributed by atoms with van der Waals surface area (Å²) in [5, 5.41) is 0. The van der Waals surface area contributed by atoms with Gasteiger partial charge in [0.05, 0.1) is 0 Å². The summed E-state index contributed by atoms with van der Waals surface area (Å²) < 4.78 is 0. The van der Waals surface area contributed by atoms with Gasteiger partial charge < -0.3 is 0 Å². The Kier molecular flexibility index (Phi) is 2.97. The average Bonchev–Trinajstić information content (AvgIpc) is 2.29. The molecule has 0 bridgehead atoms. The summed E-state index contributed by atoms with van der Waals surface area (Å²) in [7, 11) is 0. The van der Waals surface area contributed by atoms with Crippen LogP contribution in [0.4, 0.5) is 0 Å². The molecule has 0 heteroatoms. The van der Waals surface area contributed by atoms with E-state index in [0.717, 1.165) is 18.4 Å². The normalized spacial score (nSPS) is 17.6. The third-order valence-electron chi connectivity index (χ3n) is 3.07. The van der Waals surface area contributed by atoms with E-state index in [1.165, 1.54) is 16.7 Å². The topological polar surface area (TPSA) is 0 Å². The van der Waals surface area contributed by atoms with E-state index < -0.39 is 0 Å². The lowest BCUT2D eigenvalue weighted by Crippen LogP contribution is -2.07. The van der Waals surface area contributed by atoms with Gasteiger partial charge in [-0.1, -0.05) is 43.2 Å². The Hall–Kier alpha value is -1.74. The molecule has 1 aromatic carbocycles. The van der Waals surface area contributed by atoms with E-state index >= 15 is 0 Å². The van der Waals surface area contributed by atoms with Crippen molar-refractivity contribution < 1.29 is 0 Å². The Morgan fingerprint density at radius 3 is 3.06 bits per heavy atom. The summed E-state index contributed by atoms with van der Waals surface area (Å²) in [6.45, 7) is 6.00. The van der Waals surface area contributed by atoms with Crippen LogP contribution in [0.15, 0.2) is 30.9 Å². The third-order valence-corrected chi connectivity index (χ3v) is 3.07. The zero-order valence-corrected chi connectivity index (χ0v) is 9.66. The average molecular weight is 208 g/mol. The number of benzene rings is 1. The summed E-state index contributed by atoms with van der Waals surface area (Å²) in [5.74, 6) is 3.43. The van der Waals surface area contributed by atoms with E-state index in [4.69, 9.17) is 6.42 Å². The minimum Gasteiger partial charge on any atom is -0.115 e. The summed E-state index contributed by atoms with van der Waals surface area (Å²) in [4.78, 5) is 0. The molecule has 0 spiro atoms. The highest BCUT2D eigenvalue weighted by Gasteiger charge is 2.15. The van der Waals surface area contributed by atoms with Crippen LogP contribution >= 0.6 is 0 Å². The fraction of sp³-hybridized carbons (Fsp3) is 0.250. The number of fused-ring (bicyclic) bond motifs is 1. The number of hydrogen-bond acceptors (Lipinski definition) is 0. The Labute approximate surface area is 97.7 Å². The molecular weight excluding hydrogens is 192 g/mol. The highest BCUT2D eigenvalue weighted by molar-refractivity contribution is 5.63. The zero-order valence-electron chi connectivity index (χ0n) is 9.66. The molecule has 16 heavy (non-hydrogen) atoms. The molecule has 0 fully saturated rings. The Morgan fingerprint density at radius 1 is 1.56 bits per heavy atom. The van der Waals surface area contributed by atoms with Crippen molar-refractivity contribution in [2.24, 2.45) is 5.92 Å².